The van der Waals surface area contributed by atoms with Crippen LogP contribution in [0.25, 0.3) is 10.4 Å². The molecule has 23 heavy (non-hydrogen) atoms. The molecule has 2 aromatic rings. The third kappa shape index (κ3) is 5.05. The first kappa shape index (κ1) is 16.4. The van der Waals surface area contributed by atoms with Crippen LogP contribution in [0.3, 0.4) is 0 Å². The lowest BCUT2D eigenvalue weighted by atomic mass is 10.1. The summed E-state index contributed by atoms with van der Waals surface area (Å²) in [5.41, 5.74) is 10.5. The molecule has 0 heterocycles. The minimum absolute atomic E-state index is 0.287. The number of esters is 1. The third-order valence-electron chi connectivity index (χ3n) is 3.27. The number of carbonyl (C=O) groups is 1. The van der Waals surface area contributed by atoms with E-state index in [1.54, 1.807) is 0 Å². The average molecular weight is 311 g/mol. The molecule has 6 nitrogen and oxygen atoms in total. The topological polar surface area (TPSA) is 84.3 Å². The predicted octanol–water partition coefficient (Wildman–Crippen LogP) is 3.66. The van der Waals surface area contributed by atoms with Crippen molar-refractivity contribution < 1.29 is 14.3 Å². The number of ether oxygens (including phenoxy) is 2. The quantitative estimate of drug-likeness (QED) is 0.338. The van der Waals surface area contributed by atoms with Gasteiger partial charge in [-0.25, -0.2) is 0 Å². The lowest BCUT2D eigenvalue weighted by Crippen LogP contribution is -2.22. The van der Waals surface area contributed by atoms with E-state index in [0.717, 1.165) is 16.9 Å². The number of azide groups is 1. The number of rotatable bonds is 7. The highest BCUT2D eigenvalue weighted by Gasteiger charge is 2.17. The number of nitrogens with zero attached hydrogens (tertiary/aromatic N) is 3. The normalized spacial score (nSPS) is 11.2. The summed E-state index contributed by atoms with van der Waals surface area (Å²) in [6, 6.07) is 16.3. The van der Waals surface area contributed by atoms with Crippen LogP contribution in [0.5, 0.6) is 5.75 Å². The molecule has 1 atom stereocenters. The van der Waals surface area contributed by atoms with Crippen LogP contribution < -0.4 is 4.74 Å². The van der Waals surface area contributed by atoms with Gasteiger partial charge >= 0.3 is 5.97 Å². The standard InChI is InChI=1S/C17H17N3O3/c1-22-17(21)16(19-20-18)11-13-7-9-15(10-8-13)23-12-14-5-3-2-4-6-14/h2-10,16H,11-12H2,1H3. The first-order chi connectivity index (χ1) is 11.2. The van der Waals surface area contributed by atoms with Crippen LogP contribution >= 0.6 is 0 Å². The fourth-order valence-corrected chi connectivity index (χ4v) is 2.06. The zero-order valence-corrected chi connectivity index (χ0v) is 12.8. The van der Waals surface area contributed by atoms with Crippen LogP contribution in [0.2, 0.25) is 0 Å². The summed E-state index contributed by atoms with van der Waals surface area (Å²) in [5, 5.41) is 3.46. The minimum Gasteiger partial charge on any atom is -0.489 e. The summed E-state index contributed by atoms with van der Waals surface area (Å²) in [4.78, 5) is 14.2. The molecule has 0 saturated carbocycles. The molecule has 0 aliphatic heterocycles. The van der Waals surface area contributed by atoms with Gasteiger partial charge in [0.1, 0.15) is 18.4 Å². The lowest BCUT2D eigenvalue weighted by molar-refractivity contribution is -0.142. The van der Waals surface area contributed by atoms with E-state index in [0.29, 0.717) is 6.61 Å². The van der Waals surface area contributed by atoms with E-state index >= 15 is 0 Å². The Morgan fingerprint density at radius 2 is 1.83 bits per heavy atom. The second-order valence-corrected chi connectivity index (χ2v) is 4.87. The molecule has 0 spiro atoms. The van der Waals surface area contributed by atoms with Gasteiger partial charge in [0.2, 0.25) is 0 Å². The Morgan fingerprint density at radius 1 is 1.13 bits per heavy atom. The van der Waals surface area contributed by atoms with Crippen LogP contribution in [-0.2, 0) is 22.6 Å². The summed E-state index contributed by atoms with van der Waals surface area (Å²) < 4.78 is 10.3. The first-order valence-corrected chi connectivity index (χ1v) is 7.10. The molecule has 0 radical (unpaired) electrons. The maximum absolute atomic E-state index is 11.5. The Labute approximate surface area is 134 Å². The van der Waals surface area contributed by atoms with Gasteiger partial charge in [-0.3, -0.25) is 4.79 Å². The molecule has 0 aromatic heterocycles. The Kier molecular flexibility index (Phi) is 6.03. The van der Waals surface area contributed by atoms with Crippen molar-refractivity contribution in [3.63, 3.8) is 0 Å². The van der Waals surface area contributed by atoms with Gasteiger partial charge < -0.3 is 9.47 Å². The van der Waals surface area contributed by atoms with Crippen molar-refractivity contribution in [2.45, 2.75) is 19.1 Å². The van der Waals surface area contributed by atoms with Crippen LogP contribution in [0.1, 0.15) is 11.1 Å². The van der Waals surface area contributed by atoms with E-state index in [-0.39, 0.29) is 6.42 Å². The number of benzene rings is 2. The summed E-state index contributed by atoms with van der Waals surface area (Å²) in [6.07, 6.45) is 0.287. The SMILES string of the molecule is COC(=O)C(Cc1ccc(OCc2ccccc2)cc1)N=[N+]=[N-]. The summed E-state index contributed by atoms with van der Waals surface area (Å²) in [5.74, 6) is 0.184. The number of hydrogen-bond acceptors (Lipinski definition) is 4. The Morgan fingerprint density at radius 3 is 2.43 bits per heavy atom. The summed E-state index contributed by atoms with van der Waals surface area (Å²) in [7, 11) is 1.27. The van der Waals surface area contributed by atoms with Gasteiger partial charge in [-0.2, -0.15) is 0 Å². The molecule has 2 aromatic carbocycles. The number of carbonyl (C=O) groups excluding carboxylic acids is 1. The number of hydrogen-bond donors (Lipinski definition) is 0. The second-order valence-electron chi connectivity index (χ2n) is 4.87. The van der Waals surface area contributed by atoms with Gasteiger partial charge in [-0.1, -0.05) is 47.6 Å². The molecule has 0 amide bonds. The molecule has 0 saturated heterocycles. The van der Waals surface area contributed by atoms with Crippen LogP contribution in [0.15, 0.2) is 59.7 Å². The lowest BCUT2D eigenvalue weighted by Gasteiger charge is -2.10. The van der Waals surface area contributed by atoms with Gasteiger partial charge in [0.05, 0.1) is 7.11 Å². The fourth-order valence-electron chi connectivity index (χ4n) is 2.06. The molecule has 2 rings (SSSR count). The fraction of sp³-hybridized carbons (Fsp3) is 0.235. The molecule has 0 bridgehead atoms. The second kappa shape index (κ2) is 8.46. The highest BCUT2D eigenvalue weighted by atomic mass is 16.5. The molecular weight excluding hydrogens is 294 g/mol. The van der Waals surface area contributed by atoms with Crippen LogP contribution in [0.4, 0.5) is 0 Å². The Bertz CT molecular complexity index is 680. The maximum atomic E-state index is 11.5. The molecule has 6 heteroatoms. The average Bonchev–Trinajstić information content (AvgIpc) is 2.61. The van der Waals surface area contributed by atoms with Gasteiger partial charge in [0.15, 0.2) is 0 Å². The van der Waals surface area contributed by atoms with E-state index in [9.17, 15) is 4.79 Å². The van der Waals surface area contributed by atoms with E-state index < -0.39 is 12.0 Å². The molecule has 0 fully saturated rings. The Balaban J connectivity index is 1.96. The third-order valence-corrected chi connectivity index (χ3v) is 3.27. The smallest absolute Gasteiger partial charge is 0.314 e. The van der Waals surface area contributed by atoms with E-state index in [4.69, 9.17) is 10.3 Å². The van der Waals surface area contributed by atoms with E-state index in [1.165, 1.54) is 7.11 Å². The predicted molar refractivity (Wildman–Crippen MR) is 85.9 cm³/mol. The van der Waals surface area contributed by atoms with E-state index in [2.05, 4.69) is 14.8 Å². The van der Waals surface area contributed by atoms with E-state index in [1.807, 2.05) is 54.6 Å². The van der Waals surface area contributed by atoms with Crippen LogP contribution in [-0.4, -0.2) is 19.1 Å². The van der Waals surface area contributed by atoms with Gasteiger partial charge in [-0.15, -0.1) is 0 Å². The monoisotopic (exact) mass is 311 g/mol. The highest BCUT2D eigenvalue weighted by Crippen LogP contribution is 2.16. The first-order valence-electron chi connectivity index (χ1n) is 7.10. The zero-order chi connectivity index (χ0) is 16.5. The molecule has 1 unspecified atom stereocenters. The van der Waals surface area contributed by atoms with Gasteiger partial charge in [-0.05, 0) is 35.2 Å². The van der Waals surface area contributed by atoms with Crippen molar-refractivity contribution in [3.8, 4) is 5.75 Å². The number of methoxy groups -OCH3 is 1. The van der Waals surface area contributed by atoms with Gasteiger partial charge in [0.25, 0.3) is 0 Å². The molecular formula is C17H17N3O3. The van der Waals surface area contributed by atoms with Gasteiger partial charge in [0, 0.05) is 4.91 Å². The van der Waals surface area contributed by atoms with Crippen molar-refractivity contribution >= 4 is 5.97 Å². The summed E-state index contributed by atoms with van der Waals surface area (Å²) >= 11 is 0. The highest BCUT2D eigenvalue weighted by molar-refractivity contribution is 5.76. The molecule has 0 N–H and O–H groups in total. The van der Waals surface area contributed by atoms with Crippen molar-refractivity contribution in [2.24, 2.45) is 5.11 Å². The molecule has 0 aliphatic carbocycles. The molecule has 118 valence electrons. The van der Waals surface area contributed by atoms with Crippen molar-refractivity contribution in [2.75, 3.05) is 7.11 Å². The largest absolute Gasteiger partial charge is 0.489 e. The van der Waals surface area contributed by atoms with Crippen LogP contribution in [0, 0.1) is 0 Å². The zero-order valence-electron chi connectivity index (χ0n) is 12.8. The van der Waals surface area contributed by atoms with Crippen molar-refractivity contribution in [1.29, 1.82) is 0 Å². The van der Waals surface area contributed by atoms with Crippen molar-refractivity contribution in [1.82, 2.24) is 0 Å². The molecule has 0 aliphatic rings. The maximum Gasteiger partial charge on any atom is 0.314 e. The van der Waals surface area contributed by atoms with Crippen molar-refractivity contribution in [3.05, 3.63) is 76.2 Å². The minimum atomic E-state index is -0.860. The Hall–Kier alpha value is -2.98. The summed E-state index contributed by atoms with van der Waals surface area (Å²) in [6.45, 7) is 0.490.